The summed E-state index contributed by atoms with van der Waals surface area (Å²) in [5.74, 6) is -0.125. The SMILES string of the molecule is Cc1ccc2oc3c(c(=O)c2c1)[C@H](c1ccc(Cl)cc1)N(CCc1ccccc1)C3=O. The van der Waals surface area contributed by atoms with E-state index in [1.165, 1.54) is 0 Å². The molecule has 0 radical (unpaired) electrons. The number of amides is 1. The second kappa shape index (κ2) is 7.71. The van der Waals surface area contributed by atoms with Gasteiger partial charge >= 0.3 is 0 Å². The van der Waals surface area contributed by atoms with Crippen LogP contribution in [0, 0.1) is 6.92 Å². The number of rotatable bonds is 4. The number of hydrogen-bond donors (Lipinski definition) is 0. The summed E-state index contributed by atoms with van der Waals surface area (Å²) in [6.07, 6.45) is 0.678. The van der Waals surface area contributed by atoms with Gasteiger partial charge in [-0.2, -0.15) is 0 Å². The fraction of sp³-hybridized carbons (Fsp3) is 0.154. The molecule has 1 aromatic heterocycles. The van der Waals surface area contributed by atoms with Crippen molar-refractivity contribution in [3.05, 3.63) is 116 Å². The first-order valence-corrected chi connectivity index (χ1v) is 10.6. The first kappa shape index (κ1) is 19.6. The second-order valence-corrected chi connectivity index (χ2v) is 8.30. The fourth-order valence-corrected chi connectivity index (χ4v) is 4.38. The zero-order valence-corrected chi connectivity index (χ0v) is 17.7. The van der Waals surface area contributed by atoms with Crippen LogP contribution in [0.25, 0.3) is 11.0 Å². The van der Waals surface area contributed by atoms with Crippen LogP contribution in [-0.2, 0) is 6.42 Å². The summed E-state index contributed by atoms with van der Waals surface area (Å²) in [6, 6.07) is 22.2. The maximum Gasteiger partial charge on any atom is 0.290 e. The predicted octanol–water partition coefficient (Wildman–Crippen LogP) is 5.54. The zero-order chi connectivity index (χ0) is 21.5. The van der Waals surface area contributed by atoms with Crippen LogP contribution in [0.15, 0.2) is 82.0 Å². The standard InChI is InChI=1S/C26H20ClNO3/c1-16-7-12-21-20(15-16)24(29)22-23(18-8-10-19(27)11-9-18)28(26(30)25(22)31-21)14-13-17-5-3-2-4-6-17/h2-12,15,23H,13-14H2,1H3/t23-/m0/s1. The maximum atomic E-state index is 13.5. The van der Waals surface area contributed by atoms with Gasteiger partial charge in [-0.05, 0) is 48.7 Å². The van der Waals surface area contributed by atoms with Gasteiger partial charge in [0.2, 0.25) is 5.76 Å². The van der Waals surface area contributed by atoms with Gasteiger partial charge in [-0.25, -0.2) is 0 Å². The van der Waals surface area contributed by atoms with E-state index >= 15 is 0 Å². The highest BCUT2D eigenvalue weighted by Crippen LogP contribution is 2.38. The van der Waals surface area contributed by atoms with Crippen molar-refractivity contribution in [1.82, 2.24) is 4.90 Å². The summed E-state index contributed by atoms with van der Waals surface area (Å²) >= 11 is 6.09. The van der Waals surface area contributed by atoms with E-state index in [-0.39, 0.29) is 17.1 Å². The Morgan fingerprint density at radius 3 is 2.45 bits per heavy atom. The molecule has 1 aliphatic heterocycles. The molecule has 0 saturated carbocycles. The largest absolute Gasteiger partial charge is 0.450 e. The van der Waals surface area contributed by atoms with Gasteiger partial charge in [0.25, 0.3) is 5.91 Å². The molecule has 0 fully saturated rings. The monoisotopic (exact) mass is 429 g/mol. The molecule has 4 nitrogen and oxygen atoms in total. The first-order valence-electron chi connectivity index (χ1n) is 10.2. The van der Waals surface area contributed by atoms with Crippen molar-refractivity contribution in [2.75, 3.05) is 6.54 Å². The van der Waals surface area contributed by atoms with Gasteiger partial charge in [0, 0.05) is 11.6 Å². The Balaban J connectivity index is 1.66. The van der Waals surface area contributed by atoms with Crippen molar-refractivity contribution in [2.45, 2.75) is 19.4 Å². The van der Waals surface area contributed by atoms with E-state index < -0.39 is 6.04 Å². The first-order chi connectivity index (χ1) is 15.0. The Hall–Kier alpha value is -3.37. The highest BCUT2D eigenvalue weighted by atomic mass is 35.5. The maximum absolute atomic E-state index is 13.5. The summed E-state index contributed by atoms with van der Waals surface area (Å²) in [5, 5.41) is 1.10. The molecule has 1 aliphatic rings. The van der Waals surface area contributed by atoms with E-state index in [1.807, 2.05) is 61.5 Å². The van der Waals surface area contributed by atoms with Crippen LogP contribution >= 0.6 is 11.6 Å². The molecule has 1 amide bonds. The lowest BCUT2D eigenvalue weighted by Gasteiger charge is -2.25. The third-order valence-corrected chi connectivity index (χ3v) is 6.04. The lowest BCUT2D eigenvalue weighted by Crippen LogP contribution is -2.31. The Morgan fingerprint density at radius 1 is 0.968 bits per heavy atom. The molecule has 0 saturated heterocycles. The summed E-state index contributed by atoms with van der Waals surface area (Å²) in [5.41, 5.74) is 3.61. The number of nitrogens with zero attached hydrogens (tertiary/aromatic N) is 1. The van der Waals surface area contributed by atoms with E-state index in [1.54, 1.807) is 23.1 Å². The number of hydrogen-bond acceptors (Lipinski definition) is 3. The summed E-state index contributed by atoms with van der Waals surface area (Å²) in [4.78, 5) is 28.7. The average Bonchev–Trinajstić information content (AvgIpc) is 3.06. The Morgan fingerprint density at radius 2 is 1.71 bits per heavy atom. The van der Waals surface area contributed by atoms with E-state index in [0.29, 0.717) is 34.5 Å². The Kier molecular flexibility index (Phi) is 4.87. The fourth-order valence-electron chi connectivity index (χ4n) is 4.25. The van der Waals surface area contributed by atoms with E-state index in [9.17, 15) is 9.59 Å². The lowest BCUT2D eigenvalue weighted by atomic mass is 9.98. The highest BCUT2D eigenvalue weighted by molar-refractivity contribution is 6.30. The van der Waals surface area contributed by atoms with E-state index in [0.717, 1.165) is 16.7 Å². The number of carbonyl (C=O) groups is 1. The smallest absolute Gasteiger partial charge is 0.290 e. The minimum absolute atomic E-state index is 0.134. The third-order valence-electron chi connectivity index (χ3n) is 5.79. The molecule has 0 N–H and O–H groups in total. The van der Waals surface area contributed by atoms with Crippen molar-refractivity contribution in [1.29, 1.82) is 0 Å². The quantitative estimate of drug-likeness (QED) is 0.427. The summed E-state index contributed by atoms with van der Waals surface area (Å²) < 4.78 is 5.99. The van der Waals surface area contributed by atoms with Gasteiger partial charge in [-0.15, -0.1) is 0 Å². The van der Waals surface area contributed by atoms with Crippen molar-refractivity contribution in [3.63, 3.8) is 0 Å². The van der Waals surface area contributed by atoms with Crippen LogP contribution in [-0.4, -0.2) is 17.4 Å². The Bertz CT molecular complexity index is 1340. The number of halogens is 1. The van der Waals surface area contributed by atoms with Crippen molar-refractivity contribution >= 4 is 28.5 Å². The molecular weight excluding hydrogens is 410 g/mol. The van der Waals surface area contributed by atoms with E-state index in [2.05, 4.69) is 0 Å². The van der Waals surface area contributed by atoms with Gasteiger partial charge < -0.3 is 9.32 Å². The van der Waals surface area contributed by atoms with Crippen molar-refractivity contribution in [2.24, 2.45) is 0 Å². The second-order valence-electron chi connectivity index (χ2n) is 7.86. The topological polar surface area (TPSA) is 50.5 Å². The van der Waals surface area contributed by atoms with Crippen LogP contribution in [0.2, 0.25) is 5.02 Å². The predicted molar refractivity (Wildman–Crippen MR) is 122 cm³/mol. The molecule has 5 heteroatoms. The molecular formula is C26H20ClNO3. The van der Waals surface area contributed by atoms with Crippen LogP contribution in [0.4, 0.5) is 0 Å². The van der Waals surface area contributed by atoms with Crippen LogP contribution in [0.3, 0.4) is 0 Å². The number of benzene rings is 3. The van der Waals surface area contributed by atoms with Gasteiger partial charge in [-0.3, -0.25) is 9.59 Å². The molecule has 154 valence electrons. The summed E-state index contributed by atoms with van der Waals surface area (Å²) in [7, 11) is 0. The van der Waals surface area contributed by atoms with Crippen LogP contribution in [0.1, 0.15) is 38.9 Å². The van der Waals surface area contributed by atoms with Gasteiger partial charge in [-0.1, -0.05) is 65.7 Å². The minimum Gasteiger partial charge on any atom is -0.450 e. The minimum atomic E-state index is -0.510. The number of carbonyl (C=O) groups excluding carboxylic acids is 1. The van der Waals surface area contributed by atoms with Crippen molar-refractivity contribution < 1.29 is 9.21 Å². The lowest BCUT2D eigenvalue weighted by molar-refractivity contribution is 0.0730. The van der Waals surface area contributed by atoms with Crippen LogP contribution in [0.5, 0.6) is 0 Å². The molecule has 0 unspecified atom stereocenters. The van der Waals surface area contributed by atoms with Crippen LogP contribution < -0.4 is 5.43 Å². The average molecular weight is 430 g/mol. The number of aryl methyl sites for hydroxylation is 1. The zero-order valence-electron chi connectivity index (χ0n) is 17.0. The molecule has 31 heavy (non-hydrogen) atoms. The van der Waals surface area contributed by atoms with E-state index in [4.69, 9.17) is 16.0 Å². The van der Waals surface area contributed by atoms with Gasteiger partial charge in [0.15, 0.2) is 5.43 Å². The molecule has 3 aromatic carbocycles. The molecule has 1 atom stereocenters. The third kappa shape index (κ3) is 3.43. The summed E-state index contributed by atoms with van der Waals surface area (Å²) in [6.45, 7) is 2.40. The molecule has 0 spiro atoms. The molecule has 0 bridgehead atoms. The molecule has 2 heterocycles. The van der Waals surface area contributed by atoms with Crippen molar-refractivity contribution in [3.8, 4) is 0 Å². The molecule has 0 aliphatic carbocycles. The molecule has 4 aromatic rings. The highest BCUT2D eigenvalue weighted by Gasteiger charge is 2.42. The van der Waals surface area contributed by atoms with Gasteiger partial charge in [0.1, 0.15) is 5.58 Å². The number of fused-ring (bicyclic) bond motifs is 2. The van der Waals surface area contributed by atoms with Gasteiger partial charge in [0.05, 0.1) is 17.0 Å². The normalized spacial score (nSPS) is 15.5. The molecule has 5 rings (SSSR count). The Labute approximate surface area is 184 Å².